The Morgan fingerprint density at radius 2 is 2.50 bits per heavy atom. The highest BCUT2D eigenvalue weighted by atomic mass is 16.5. The summed E-state index contributed by atoms with van der Waals surface area (Å²) in [5.41, 5.74) is 0.506. The second kappa shape index (κ2) is 4.01. The van der Waals surface area contributed by atoms with Crippen LogP contribution in [0.1, 0.15) is 17.4 Å². The minimum absolute atomic E-state index is 0.00818. The molecule has 0 amide bonds. The molecule has 0 aliphatic rings. The van der Waals surface area contributed by atoms with Crippen molar-refractivity contribution in [3.63, 3.8) is 0 Å². The number of hydrogen-bond acceptors (Lipinski definition) is 3. The predicted molar refractivity (Wildman–Crippen MR) is 44.1 cm³/mol. The first-order chi connectivity index (χ1) is 5.74. The number of hydrogen-bond donors (Lipinski definition) is 0. The first-order valence-electron chi connectivity index (χ1n) is 3.77. The fraction of sp³-hybridized carbons (Fsp3) is 0.500. The second-order valence-corrected chi connectivity index (χ2v) is 2.51. The largest absolute Gasteiger partial charge is 0.383 e. The van der Waals surface area contributed by atoms with Crippen molar-refractivity contribution in [2.75, 3.05) is 13.7 Å². The molecule has 1 rings (SSSR count). The molecule has 1 aromatic heterocycles. The molecule has 4 nitrogen and oxygen atoms in total. The predicted octanol–water partition coefficient (Wildman–Crippen LogP) is 0.732. The minimum atomic E-state index is -0.00818. The van der Waals surface area contributed by atoms with Crippen LogP contribution in [0.5, 0.6) is 0 Å². The quantitative estimate of drug-likeness (QED) is 0.622. The van der Waals surface area contributed by atoms with Crippen LogP contribution in [0.4, 0.5) is 0 Å². The molecule has 0 fully saturated rings. The maximum atomic E-state index is 10.8. The Morgan fingerprint density at radius 3 is 3.00 bits per heavy atom. The molecule has 0 aliphatic carbocycles. The number of rotatable bonds is 4. The van der Waals surface area contributed by atoms with Crippen molar-refractivity contribution in [2.45, 2.75) is 13.5 Å². The van der Waals surface area contributed by atoms with Crippen LogP contribution in [-0.2, 0) is 11.3 Å². The molecule has 0 aromatic carbocycles. The molecule has 1 heterocycles. The van der Waals surface area contributed by atoms with Gasteiger partial charge in [-0.1, -0.05) is 0 Å². The molecular formula is C8H12N2O2. The Kier molecular flexibility index (Phi) is 2.99. The third kappa shape index (κ3) is 2.17. The highest BCUT2D eigenvalue weighted by Gasteiger charge is 2.02. The number of ketones is 1. The summed E-state index contributed by atoms with van der Waals surface area (Å²) in [6.45, 7) is 2.80. The average molecular weight is 168 g/mol. The number of ether oxygens (including phenoxy) is 1. The van der Waals surface area contributed by atoms with Crippen molar-refractivity contribution in [3.05, 3.63) is 18.0 Å². The molecular weight excluding hydrogens is 156 g/mol. The van der Waals surface area contributed by atoms with Gasteiger partial charge < -0.3 is 4.74 Å². The van der Waals surface area contributed by atoms with Gasteiger partial charge in [-0.3, -0.25) is 9.48 Å². The van der Waals surface area contributed by atoms with Gasteiger partial charge >= 0.3 is 0 Å². The number of aromatic nitrogens is 2. The zero-order valence-electron chi connectivity index (χ0n) is 7.28. The van der Waals surface area contributed by atoms with Crippen LogP contribution in [0.25, 0.3) is 0 Å². The maximum absolute atomic E-state index is 10.8. The Balaban J connectivity index is 2.58. The van der Waals surface area contributed by atoms with Crippen LogP contribution in [0.15, 0.2) is 12.3 Å². The number of methoxy groups -OCH3 is 1. The topological polar surface area (TPSA) is 44.1 Å². The lowest BCUT2D eigenvalue weighted by Gasteiger charge is -1.97. The SMILES string of the molecule is COCCn1ccc(C(C)=O)n1. The van der Waals surface area contributed by atoms with E-state index in [1.165, 1.54) is 6.92 Å². The summed E-state index contributed by atoms with van der Waals surface area (Å²) in [6.07, 6.45) is 1.77. The van der Waals surface area contributed by atoms with Crippen molar-refractivity contribution in [1.82, 2.24) is 9.78 Å². The lowest BCUT2D eigenvalue weighted by atomic mass is 10.3. The van der Waals surface area contributed by atoms with Gasteiger partial charge in [0, 0.05) is 20.2 Å². The van der Waals surface area contributed by atoms with E-state index in [4.69, 9.17) is 4.74 Å². The lowest BCUT2D eigenvalue weighted by Crippen LogP contribution is -2.05. The van der Waals surface area contributed by atoms with E-state index in [0.717, 1.165) is 0 Å². The normalized spacial score (nSPS) is 10.2. The summed E-state index contributed by atoms with van der Waals surface area (Å²) in [6, 6.07) is 1.71. The fourth-order valence-electron chi connectivity index (χ4n) is 0.859. The molecule has 1 aromatic rings. The van der Waals surface area contributed by atoms with Crippen molar-refractivity contribution >= 4 is 5.78 Å². The first kappa shape index (κ1) is 8.93. The summed E-state index contributed by atoms with van der Waals surface area (Å²) in [7, 11) is 1.63. The molecule has 0 spiro atoms. The van der Waals surface area contributed by atoms with Gasteiger partial charge in [0.1, 0.15) is 5.69 Å². The summed E-state index contributed by atoms with van der Waals surface area (Å²) in [4.78, 5) is 10.8. The fourth-order valence-corrected chi connectivity index (χ4v) is 0.859. The van der Waals surface area contributed by atoms with Crippen LogP contribution in [0.3, 0.4) is 0 Å². The molecule has 0 radical (unpaired) electrons. The number of Topliss-reactive ketones (excluding diaryl/α,β-unsaturated/α-hetero) is 1. The van der Waals surface area contributed by atoms with Gasteiger partial charge in [0.15, 0.2) is 5.78 Å². The zero-order chi connectivity index (χ0) is 8.97. The number of nitrogens with zero attached hydrogens (tertiary/aromatic N) is 2. The Hall–Kier alpha value is -1.16. The Labute approximate surface area is 71.1 Å². The van der Waals surface area contributed by atoms with Gasteiger partial charge in [-0.15, -0.1) is 0 Å². The third-order valence-corrected chi connectivity index (χ3v) is 1.53. The summed E-state index contributed by atoms with van der Waals surface area (Å²) >= 11 is 0. The van der Waals surface area contributed by atoms with E-state index in [2.05, 4.69) is 5.10 Å². The molecule has 66 valence electrons. The molecule has 0 aliphatic heterocycles. The molecule has 4 heteroatoms. The highest BCUT2D eigenvalue weighted by Crippen LogP contribution is 1.96. The average Bonchev–Trinajstić information content (AvgIpc) is 2.48. The molecule has 0 unspecified atom stereocenters. The van der Waals surface area contributed by atoms with Crippen LogP contribution >= 0.6 is 0 Å². The van der Waals surface area contributed by atoms with Crippen LogP contribution in [0.2, 0.25) is 0 Å². The number of carbonyl (C=O) groups is 1. The van der Waals surface area contributed by atoms with Crippen molar-refractivity contribution in [2.24, 2.45) is 0 Å². The van der Waals surface area contributed by atoms with Crippen molar-refractivity contribution < 1.29 is 9.53 Å². The first-order valence-corrected chi connectivity index (χ1v) is 3.77. The lowest BCUT2D eigenvalue weighted by molar-refractivity contribution is 0.101. The van der Waals surface area contributed by atoms with Gasteiger partial charge in [-0.05, 0) is 6.07 Å². The van der Waals surface area contributed by atoms with Crippen molar-refractivity contribution in [1.29, 1.82) is 0 Å². The molecule has 0 saturated heterocycles. The summed E-state index contributed by atoms with van der Waals surface area (Å²) in [5.74, 6) is -0.00818. The molecule has 0 N–H and O–H groups in total. The van der Waals surface area contributed by atoms with E-state index >= 15 is 0 Å². The van der Waals surface area contributed by atoms with Gasteiger partial charge in [-0.25, -0.2) is 0 Å². The van der Waals surface area contributed by atoms with E-state index in [9.17, 15) is 4.79 Å². The van der Waals surface area contributed by atoms with E-state index < -0.39 is 0 Å². The van der Waals surface area contributed by atoms with E-state index in [-0.39, 0.29) is 5.78 Å². The van der Waals surface area contributed by atoms with Gasteiger partial charge in [-0.2, -0.15) is 5.10 Å². The number of carbonyl (C=O) groups excluding carboxylic acids is 1. The molecule has 12 heavy (non-hydrogen) atoms. The standard InChI is InChI=1S/C8H12N2O2/c1-7(11)8-3-4-10(9-8)5-6-12-2/h3-4H,5-6H2,1-2H3. The second-order valence-electron chi connectivity index (χ2n) is 2.51. The summed E-state index contributed by atoms with van der Waals surface area (Å²) < 4.78 is 6.56. The van der Waals surface area contributed by atoms with E-state index in [0.29, 0.717) is 18.8 Å². The van der Waals surface area contributed by atoms with Gasteiger partial charge in [0.05, 0.1) is 13.2 Å². The van der Waals surface area contributed by atoms with Crippen LogP contribution in [-0.4, -0.2) is 29.3 Å². The van der Waals surface area contributed by atoms with E-state index in [1.54, 1.807) is 24.1 Å². The van der Waals surface area contributed by atoms with Crippen LogP contribution < -0.4 is 0 Å². The molecule has 0 atom stereocenters. The smallest absolute Gasteiger partial charge is 0.179 e. The monoisotopic (exact) mass is 168 g/mol. The molecule has 0 bridgehead atoms. The molecule has 0 saturated carbocycles. The van der Waals surface area contributed by atoms with Crippen LogP contribution in [0, 0.1) is 0 Å². The Morgan fingerprint density at radius 1 is 1.75 bits per heavy atom. The van der Waals surface area contributed by atoms with Crippen molar-refractivity contribution in [3.8, 4) is 0 Å². The summed E-state index contributed by atoms with van der Waals surface area (Å²) in [5, 5.41) is 4.03. The minimum Gasteiger partial charge on any atom is -0.383 e. The highest BCUT2D eigenvalue weighted by molar-refractivity contribution is 5.91. The van der Waals surface area contributed by atoms with Gasteiger partial charge in [0.2, 0.25) is 0 Å². The maximum Gasteiger partial charge on any atom is 0.179 e. The third-order valence-electron chi connectivity index (χ3n) is 1.53. The zero-order valence-corrected chi connectivity index (χ0v) is 7.28. The Bertz CT molecular complexity index is 268. The van der Waals surface area contributed by atoms with E-state index in [1.807, 2.05) is 0 Å². The van der Waals surface area contributed by atoms with Gasteiger partial charge in [0.25, 0.3) is 0 Å².